The first-order valence-electron chi connectivity index (χ1n) is 11.4. The van der Waals surface area contributed by atoms with Crippen LogP contribution >= 0.6 is 0 Å². The van der Waals surface area contributed by atoms with Crippen LogP contribution in [-0.4, -0.2) is 86.2 Å². The molecule has 2 heterocycles. The van der Waals surface area contributed by atoms with Gasteiger partial charge in [-0.3, -0.25) is 9.59 Å². The summed E-state index contributed by atoms with van der Waals surface area (Å²) in [7, 11) is 1.29. The lowest BCUT2D eigenvalue weighted by molar-refractivity contribution is -0.153. The molecule has 10 heteroatoms. The molecular formula is C25H31NO9. The normalized spacial score (nSPS) is 23.9. The number of hydrogen-bond donors (Lipinski definition) is 1. The van der Waals surface area contributed by atoms with E-state index in [0.29, 0.717) is 32.0 Å². The Morgan fingerprint density at radius 3 is 2.49 bits per heavy atom. The Hall–Kier alpha value is -3.05. The number of nitrogens with zero attached hydrogens (tertiary/aromatic N) is 1. The van der Waals surface area contributed by atoms with E-state index in [9.17, 15) is 14.4 Å². The highest BCUT2D eigenvalue weighted by atomic mass is 16.6. The molecule has 1 N–H and O–H groups in total. The number of benzene rings is 1. The van der Waals surface area contributed by atoms with Gasteiger partial charge in [0.05, 0.1) is 39.1 Å². The Morgan fingerprint density at radius 2 is 1.80 bits per heavy atom. The van der Waals surface area contributed by atoms with Crippen molar-refractivity contribution in [2.75, 3.05) is 40.1 Å². The Balaban J connectivity index is 1.61. The van der Waals surface area contributed by atoms with E-state index >= 15 is 0 Å². The minimum absolute atomic E-state index is 0.0356. The van der Waals surface area contributed by atoms with Crippen molar-refractivity contribution < 1.29 is 43.2 Å². The molecule has 1 saturated heterocycles. The third kappa shape index (κ3) is 6.76. The van der Waals surface area contributed by atoms with E-state index in [2.05, 4.69) is 0 Å². The Labute approximate surface area is 204 Å². The molecule has 0 aliphatic carbocycles. The average Bonchev–Trinajstić information content (AvgIpc) is 3.17. The largest absolute Gasteiger partial charge is 0.479 e. The average molecular weight is 490 g/mol. The van der Waals surface area contributed by atoms with Gasteiger partial charge in [-0.05, 0) is 37.1 Å². The van der Waals surface area contributed by atoms with Crippen LogP contribution in [0, 0.1) is 0 Å². The van der Waals surface area contributed by atoms with E-state index in [0.717, 1.165) is 10.5 Å². The molecule has 2 aliphatic heterocycles. The number of cyclic esters (lactones) is 1. The predicted octanol–water partition coefficient (Wildman–Crippen LogP) is 1.93. The number of rotatable bonds is 12. The van der Waals surface area contributed by atoms with E-state index in [1.807, 2.05) is 30.3 Å². The van der Waals surface area contributed by atoms with Crippen molar-refractivity contribution in [2.24, 2.45) is 0 Å². The first-order chi connectivity index (χ1) is 17.0. The number of methoxy groups -OCH3 is 1. The first kappa shape index (κ1) is 26.6. The van der Waals surface area contributed by atoms with Gasteiger partial charge in [-0.2, -0.15) is 0 Å². The summed E-state index contributed by atoms with van der Waals surface area (Å²) in [6.07, 6.45) is 1.07. The fourth-order valence-corrected chi connectivity index (χ4v) is 3.84. The van der Waals surface area contributed by atoms with E-state index in [1.54, 1.807) is 13.0 Å². The Kier molecular flexibility index (Phi) is 9.98. The smallest absolute Gasteiger partial charge is 0.417 e. The van der Waals surface area contributed by atoms with Crippen molar-refractivity contribution in [2.45, 2.75) is 37.7 Å². The highest BCUT2D eigenvalue weighted by Gasteiger charge is 2.48. The van der Waals surface area contributed by atoms with Crippen molar-refractivity contribution in [3.8, 4) is 0 Å². The SMILES string of the molecule is CO[C@H](C(=O)N1C(=O)O[C@H](c2ccccc2)[C@@H]1C)[C@H]1OC(=CCCOCCOCCO)C=CC1=O. The first-order valence-corrected chi connectivity index (χ1v) is 11.4. The molecular weight excluding hydrogens is 458 g/mol. The number of amides is 2. The Bertz CT molecular complexity index is 930. The second-order valence-electron chi connectivity index (χ2n) is 7.94. The summed E-state index contributed by atoms with van der Waals surface area (Å²) in [5.41, 5.74) is 0.762. The van der Waals surface area contributed by atoms with Crippen molar-refractivity contribution in [1.29, 1.82) is 0 Å². The fourth-order valence-electron chi connectivity index (χ4n) is 3.84. The van der Waals surface area contributed by atoms with Gasteiger partial charge in [0.1, 0.15) is 11.9 Å². The lowest BCUT2D eigenvalue weighted by Crippen LogP contribution is -2.52. The highest BCUT2D eigenvalue weighted by molar-refractivity contribution is 6.03. The maximum Gasteiger partial charge on any atom is 0.417 e. The Morgan fingerprint density at radius 1 is 1.09 bits per heavy atom. The maximum atomic E-state index is 13.3. The predicted molar refractivity (Wildman–Crippen MR) is 123 cm³/mol. The van der Waals surface area contributed by atoms with Crippen LogP contribution in [0.3, 0.4) is 0 Å². The molecule has 2 aliphatic rings. The third-order valence-corrected chi connectivity index (χ3v) is 5.58. The number of ketones is 1. The summed E-state index contributed by atoms with van der Waals surface area (Å²) in [6.45, 7) is 3.09. The maximum absolute atomic E-state index is 13.3. The monoisotopic (exact) mass is 489 g/mol. The zero-order valence-electron chi connectivity index (χ0n) is 19.8. The zero-order chi connectivity index (χ0) is 25.2. The van der Waals surface area contributed by atoms with Crippen molar-refractivity contribution >= 4 is 17.8 Å². The summed E-state index contributed by atoms with van der Waals surface area (Å²) in [4.78, 5) is 39.4. The number of imide groups is 1. The van der Waals surface area contributed by atoms with Crippen LogP contribution in [0.5, 0.6) is 0 Å². The molecule has 1 aromatic carbocycles. The summed E-state index contributed by atoms with van der Waals surface area (Å²) in [6, 6.07) is 8.53. The number of ether oxygens (including phenoxy) is 5. The van der Waals surface area contributed by atoms with E-state index < -0.39 is 42.1 Å². The molecule has 1 aromatic rings. The summed E-state index contributed by atoms with van der Waals surface area (Å²) < 4.78 is 27.1. The van der Waals surface area contributed by atoms with Crippen molar-refractivity contribution in [1.82, 2.24) is 4.90 Å². The number of aliphatic hydroxyl groups is 1. The van der Waals surface area contributed by atoms with E-state index in [-0.39, 0.29) is 13.2 Å². The minimum Gasteiger partial charge on any atom is -0.479 e. The van der Waals surface area contributed by atoms with Crippen LogP contribution in [0.25, 0.3) is 0 Å². The number of allylic oxidation sites excluding steroid dienone is 1. The van der Waals surface area contributed by atoms with Gasteiger partial charge in [0.25, 0.3) is 5.91 Å². The minimum atomic E-state index is -1.33. The summed E-state index contributed by atoms with van der Waals surface area (Å²) in [5.74, 6) is -0.758. The van der Waals surface area contributed by atoms with Crippen molar-refractivity contribution in [3.63, 3.8) is 0 Å². The molecule has 190 valence electrons. The second-order valence-corrected chi connectivity index (χ2v) is 7.94. The van der Waals surface area contributed by atoms with Crippen LogP contribution in [-0.2, 0) is 33.3 Å². The van der Waals surface area contributed by atoms with E-state index in [4.69, 9.17) is 28.8 Å². The quantitative estimate of drug-likeness (QED) is 0.439. The van der Waals surface area contributed by atoms with Gasteiger partial charge in [-0.15, -0.1) is 0 Å². The van der Waals surface area contributed by atoms with Crippen LogP contribution in [0.15, 0.2) is 54.3 Å². The second kappa shape index (κ2) is 13.1. The number of carbonyl (C=O) groups excluding carboxylic acids is 3. The number of hydrogen-bond acceptors (Lipinski definition) is 9. The zero-order valence-corrected chi connectivity index (χ0v) is 19.8. The molecule has 10 nitrogen and oxygen atoms in total. The van der Waals surface area contributed by atoms with Crippen LogP contribution in [0.4, 0.5) is 4.79 Å². The van der Waals surface area contributed by atoms with Crippen LogP contribution < -0.4 is 0 Å². The van der Waals surface area contributed by atoms with Gasteiger partial charge in [-0.1, -0.05) is 30.3 Å². The fraction of sp³-hybridized carbons (Fsp3) is 0.480. The van der Waals surface area contributed by atoms with E-state index in [1.165, 1.54) is 19.3 Å². The van der Waals surface area contributed by atoms with Gasteiger partial charge >= 0.3 is 6.09 Å². The van der Waals surface area contributed by atoms with Gasteiger partial charge in [0.2, 0.25) is 0 Å². The summed E-state index contributed by atoms with van der Waals surface area (Å²) in [5, 5.41) is 8.66. The molecule has 3 rings (SSSR count). The van der Waals surface area contributed by atoms with Crippen LogP contribution in [0.2, 0.25) is 0 Å². The van der Waals surface area contributed by atoms with Gasteiger partial charge < -0.3 is 28.8 Å². The summed E-state index contributed by atoms with van der Waals surface area (Å²) >= 11 is 0. The molecule has 35 heavy (non-hydrogen) atoms. The van der Waals surface area contributed by atoms with Gasteiger partial charge in [-0.25, -0.2) is 9.69 Å². The van der Waals surface area contributed by atoms with Gasteiger partial charge in [0.15, 0.2) is 18.0 Å². The molecule has 4 atom stereocenters. The lowest BCUT2D eigenvalue weighted by atomic mass is 10.0. The molecule has 2 amide bonds. The third-order valence-electron chi connectivity index (χ3n) is 5.58. The lowest BCUT2D eigenvalue weighted by Gasteiger charge is -2.30. The molecule has 0 aromatic heterocycles. The topological polar surface area (TPSA) is 121 Å². The number of aliphatic hydroxyl groups excluding tert-OH is 1. The molecule has 0 bridgehead atoms. The molecule has 0 saturated carbocycles. The molecule has 0 radical (unpaired) electrons. The standard InChI is InChI=1S/C25H31NO9/c1-17-21(18-7-4-3-5-8-18)35-25(30)26(17)24(29)23(31-2)22-20(28)11-10-19(34-22)9-6-13-32-15-16-33-14-12-27/h3-5,7-11,17,21-23,27H,6,12-16H2,1-2H3/t17-,21-,22-,23-/m0/s1. The highest BCUT2D eigenvalue weighted by Crippen LogP contribution is 2.33. The van der Waals surface area contributed by atoms with Crippen molar-refractivity contribution in [3.05, 3.63) is 59.9 Å². The van der Waals surface area contributed by atoms with Crippen LogP contribution in [0.1, 0.15) is 25.0 Å². The van der Waals surface area contributed by atoms with Gasteiger partial charge in [0, 0.05) is 7.11 Å². The molecule has 0 spiro atoms. The molecule has 1 fully saturated rings. The number of carbonyl (C=O) groups is 3. The molecule has 0 unspecified atom stereocenters.